The van der Waals surface area contributed by atoms with Crippen LogP contribution < -0.4 is 5.73 Å². The molecule has 1 saturated heterocycles. The van der Waals surface area contributed by atoms with E-state index in [0.29, 0.717) is 28.8 Å². The number of aliphatic hydroxyl groups excluding tert-OH is 1. The van der Waals surface area contributed by atoms with Crippen molar-refractivity contribution < 1.29 is 9.90 Å². The first-order valence-corrected chi connectivity index (χ1v) is 5.87. The van der Waals surface area contributed by atoms with Gasteiger partial charge in [-0.2, -0.15) is 0 Å². The Bertz CT molecular complexity index is 416. The lowest BCUT2D eigenvalue weighted by Crippen LogP contribution is -2.51. The third-order valence-electron chi connectivity index (χ3n) is 2.76. The van der Waals surface area contributed by atoms with Crippen LogP contribution in [0.1, 0.15) is 10.4 Å². The Morgan fingerprint density at radius 2 is 2.25 bits per heavy atom. The predicted molar refractivity (Wildman–Crippen MR) is 65.0 cm³/mol. The third-order valence-corrected chi connectivity index (χ3v) is 3.65. The first-order chi connectivity index (χ1) is 7.63. The second kappa shape index (κ2) is 4.43. The van der Waals surface area contributed by atoms with Gasteiger partial charge in [0.2, 0.25) is 0 Å². The number of carbonyl (C=O) groups is 1. The Kier molecular flexibility index (Phi) is 3.16. The molecule has 0 aromatic heterocycles. The number of nitrogens with zero attached hydrogens (tertiary/aromatic N) is 1. The van der Waals surface area contributed by atoms with Crippen molar-refractivity contribution in [3.8, 4) is 0 Å². The third kappa shape index (κ3) is 1.92. The zero-order valence-corrected chi connectivity index (χ0v) is 10.3. The summed E-state index contributed by atoms with van der Waals surface area (Å²) >= 11 is 3.31. The highest BCUT2D eigenvalue weighted by Crippen LogP contribution is 2.27. The number of nitrogens with two attached hydrogens (primary N) is 1. The standard InChI is InChI=1S/C11H13BrN2O2/c12-10-8(2-1-3-9(10)13)11(16)14-4-7(5-14)6-15/h1-3,7,15H,4-6,13H2. The second-order valence-corrected chi connectivity index (χ2v) is 4.76. The van der Waals surface area contributed by atoms with Crippen molar-refractivity contribution in [1.82, 2.24) is 4.90 Å². The number of likely N-dealkylation sites (tertiary alicyclic amines) is 1. The summed E-state index contributed by atoms with van der Waals surface area (Å²) in [5.74, 6) is 0.188. The van der Waals surface area contributed by atoms with E-state index in [4.69, 9.17) is 10.8 Å². The Morgan fingerprint density at radius 1 is 1.56 bits per heavy atom. The van der Waals surface area contributed by atoms with Gasteiger partial charge in [0.1, 0.15) is 0 Å². The summed E-state index contributed by atoms with van der Waals surface area (Å²) in [6.45, 7) is 1.38. The van der Waals surface area contributed by atoms with Crippen molar-refractivity contribution in [3.05, 3.63) is 28.2 Å². The number of anilines is 1. The normalized spacial score (nSPS) is 16.0. The number of hydrogen-bond acceptors (Lipinski definition) is 3. The molecule has 1 aromatic rings. The van der Waals surface area contributed by atoms with Crippen LogP contribution in [0.25, 0.3) is 0 Å². The van der Waals surface area contributed by atoms with E-state index < -0.39 is 0 Å². The molecule has 5 heteroatoms. The minimum absolute atomic E-state index is 0.0381. The van der Waals surface area contributed by atoms with Crippen molar-refractivity contribution in [1.29, 1.82) is 0 Å². The Hall–Kier alpha value is -1.07. The van der Waals surface area contributed by atoms with Crippen LogP contribution in [0, 0.1) is 5.92 Å². The highest BCUT2D eigenvalue weighted by Gasteiger charge is 2.31. The number of hydrogen-bond donors (Lipinski definition) is 2. The molecular formula is C11H13BrN2O2. The number of benzene rings is 1. The van der Waals surface area contributed by atoms with Crippen molar-refractivity contribution in [3.63, 3.8) is 0 Å². The fourth-order valence-electron chi connectivity index (χ4n) is 1.74. The van der Waals surface area contributed by atoms with E-state index in [1.165, 1.54) is 0 Å². The van der Waals surface area contributed by atoms with Gasteiger partial charge in [-0.05, 0) is 28.1 Å². The van der Waals surface area contributed by atoms with Crippen molar-refractivity contribution in [2.45, 2.75) is 0 Å². The molecular weight excluding hydrogens is 272 g/mol. The lowest BCUT2D eigenvalue weighted by Gasteiger charge is -2.38. The van der Waals surface area contributed by atoms with Crippen LogP contribution in [-0.4, -0.2) is 35.6 Å². The lowest BCUT2D eigenvalue weighted by molar-refractivity contribution is 0.0361. The fraction of sp³-hybridized carbons (Fsp3) is 0.364. The number of rotatable bonds is 2. The summed E-state index contributed by atoms with van der Waals surface area (Å²) in [6, 6.07) is 5.25. The average molecular weight is 285 g/mol. The van der Waals surface area contributed by atoms with Gasteiger partial charge in [-0.25, -0.2) is 0 Å². The van der Waals surface area contributed by atoms with E-state index in [1.807, 2.05) is 0 Å². The van der Waals surface area contributed by atoms with Crippen molar-refractivity contribution in [2.75, 3.05) is 25.4 Å². The molecule has 1 aliphatic heterocycles. The molecule has 1 amide bonds. The van der Waals surface area contributed by atoms with Gasteiger partial charge >= 0.3 is 0 Å². The first-order valence-electron chi connectivity index (χ1n) is 5.07. The molecule has 2 rings (SSSR count). The minimum Gasteiger partial charge on any atom is -0.398 e. The molecule has 3 N–H and O–H groups in total. The topological polar surface area (TPSA) is 66.6 Å². The molecule has 1 aliphatic rings. The van der Waals surface area contributed by atoms with E-state index >= 15 is 0 Å². The van der Waals surface area contributed by atoms with E-state index in [9.17, 15) is 4.79 Å². The quantitative estimate of drug-likeness (QED) is 0.799. The maximum Gasteiger partial charge on any atom is 0.255 e. The van der Waals surface area contributed by atoms with Gasteiger partial charge < -0.3 is 15.7 Å². The van der Waals surface area contributed by atoms with Crippen LogP contribution in [0.4, 0.5) is 5.69 Å². The van der Waals surface area contributed by atoms with Crippen LogP contribution in [0.5, 0.6) is 0 Å². The number of amides is 1. The number of carbonyl (C=O) groups excluding carboxylic acids is 1. The Morgan fingerprint density at radius 3 is 2.88 bits per heavy atom. The molecule has 86 valence electrons. The van der Waals surface area contributed by atoms with Gasteiger partial charge in [0.25, 0.3) is 5.91 Å². The highest BCUT2D eigenvalue weighted by atomic mass is 79.9. The van der Waals surface area contributed by atoms with Gasteiger partial charge in [-0.3, -0.25) is 4.79 Å². The number of halogens is 1. The SMILES string of the molecule is Nc1cccc(C(=O)N2CC(CO)C2)c1Br. The summed E-state index contributed by atoms with van der Waals surface area (Å²) in [5, 5.41) is 8.89. The molecule has 1 fully saturated rings. The van der Waals surface area contributed by atoms with Crippen LogP contribution in [-0.2, 0) is 0 Å². The summed E-state index contributed by atoms with van der Waals surface area (Å²) in [6.07, 6.45) is 0. The molecule has 16 heavy (non-hydrogen) atoms. The molecule has 4 nitrogen and oxygen atoms in total. The summed E-state index contributed by atoms with van der Waals surface area (Å²) < 4.78 is 0.646. The van der Waals surface area contributed by atoms with Crippen LogP contribution in [0.15, 0.2) is 22.7 Å². The largest absolute Gasteiger partial charge is 0.398 e. The van der Waals surface area contributed by atoms with Gasteiger partial charge in [0.15, 0.2) is 0 Å². The maximum absolute atomic E-state index is 12.0. The summed E-state index contributed by atoms with van der Waals surface area (Å²) in [5.41, 5.74) is 6.85. The molecule has 0 radical (unpaired) electrons. The minimum atomic E-state index is -0.0381. The molecule has 0 unspecified atom stereocenters. The highest BCUT2D eigenvalue weighted by molar-refractivity contribution is 9.10. The zero-order valence-electron chi connectivity index (χ0n) is 8.69. The smallest absolute Gasteiger partial charge is 0.255 e. The zero-order chi connectivity index (χ0) is 11.7. The van der Waals surface area contributed by atoms with Crippen LogP contribution in [0.3, 0.4) is 0 Å². The van der Waals surface area contributed by atoms with Gasteiger partial charge in [0.05, 0.1) is 10.0 Å². The fourth-order valence-corrected chi connectivity index (χ4v) is 2.17. The monoisotopic (exact) mass is 284 g/mol. The van der Waals surface area contributed by atoms with E-state index in [2.05, 4.69) is 15.9 Å². The first kappa shape index (κ1) is 11.4. The predicted octanol–water partition coefficient (Wildman–Crippen LogP) is 1.10. The van der Waals surface area contributed by atoms with E-state index in [0.717, 1.165) is 0 Å². The van der Waals surface area contributed by atoms with Crippen molar-refractivity contribution in [2.24, 2.45) is 5.92 Å². The number of aliphatic hydroxyl groups is 1. The molecule has 0 saturated carbocycles. The molecule has 0 atom stereocenters. The lowest BCUT2D eigenvalue weighted by atomic mass is 10.00. The van der Waals surface area contributed by atoms with E-state index in [-0.39, 0.29) is 18.4 Å². The van der Waals surface area contributed by atoms with Gasteiger partial charge in [0, 0.05) is 31.3 Å². The Labute approximate surface area is 102 Å². The molecule has 1 aromatic carbocycles. The Balaban J connectivity index is 2.13. The summed E-state index contributed by atoms with van der Waals surface area (Å²) in [7, 11) is 0. The van der Waals surface area contributed by atoms with E-state index in [1.54, 1.807) is 23.1 Å². The van der Waals surface area contributed by atoms with Crippen molar-refractivity contribution >= 4 is 27.5 Å². The van der Waals surface area contributed by atoms with Gasteiger partial charge in [-0.15, -0.1) is 0 Å². The molecule has 0 spiro atoms. The molecule has 0 bridgehead atoms. The van der Waals surface area contributed by atoms with Crippen LogP contribution in [0.2, 0.25) is 0 Å². The second-order valence-electron chi connectivity index (χ2n) is 3.97. The molecule has 1 heterocycles. The summed E-state index contributed by atoms with van der Waals surface area (Å²) in [4.78, 5) is 13.7. The maximum atomic E-state index is 12.0. The van der Waals surface area contributed by atoms with Gasteiger partial charge in [-0.1, -0.05) is 6.07 Å². The van der Waals surface area contributed by atoms with Crippen LogP contribution >= 0.6 is 15.9 Å². The number of nitrogen functional groups attached to an aromatic ring is 1. The average Bonchev–Trinajstić information content (AvgIpc) is 2.20. The molecule has 0 aliphatic carbocycles.